The van der Waals surface area contributed by atoms with Gasteiger partial charge in [0.2, 0.25) is 11.8 Å². The summed E-state index contributed by atoms with van der Waals surface area (Å²) in [6.07, 6.45) is 0. The summed E-state index contributed by atoms with van der Waals surface area (Å²) in [5.41, 5.74) is 4.39. The molecule has 0 radical (unpaired) electrons. The van der Waals surface area contributed by atoms with Crippen LogP contribution in [0.1, 0.15) is 23.6 Å². The van der Waals surface area contributed by atoms with Gasteiger partial charge in [-0.05, 0) is 44.0 Å². The number of carbonyl (C=O) groups is 2. The van der Waals surface area contributed by atoms with Crippen molar-refractivity contribution in [3.05, 3.63) is 47.0 Å². The number of nitrogens with one attached hydrogen (secondary N) is 1. The molecule has 0 aliphatic heterocycles. The molecule has 6 heteroatoms. The van der Waals surface area contributed by atoms with Crippen molar-refractivity contribution in [3.8, 4) is 11.5 Å². The van der Waals surface area contributed by atoms with E-state index in [0.29, 0.717) is 17.2 Å². The van der Waals surface area contributed by atoms with Crippen molar-refractivity contribution in [3.63, 3.8) is 0 Å². The SMILES string of the molecule is COc1ccc(N(CC(=O)Nc2c(C)cc(C)cc2C)C(C)=O)c(OC)c1. The van der Waals surface area contributed by atoms with E-state index in [2.05, 4.69) is 5.32 Å². The second kappa shape index (κ2) is 8.58. The van der Waals surface area contributed by atoms with Crippen molar-refractivity contribution in [2.45, 2.75) is 27.7 Å². The van der Waals surface area contributed by atoms with Crippen LogP contribution in [-0.2, 0) is 9.59 Å². The molecule has 2 aromatic carbocycles. The molecule has 0 aliphatic carbocycles. The fourth-order valence-electron chi connectivity index (χ4n) is 3.07. The molecule has 6 nitrogen and oxygen atoms in total. The smallest absolute Gasteiger partial charge is 0.244 e. The van der Waals surface area contributed by atoms with E-state index < -0.39 is 0 Å². The van der Waals surface area contributed by atoms with Crippen molar-refractivity contribution >= 4 is 23.2 Å². The Labute approximate surface area is 160 Å². The third-order valence-corrected chi connectivity index (χ3v) is 4.30. The molecule has 2 amide bonds. The lowest BCUT2D eigenvalue weighted by Crippen LogP contribution is -2.37. The van der Waals surface area contributed by atoms with Gasteiger partial charge in [0, 0.05) is 18.7 Å². The van der Waals surface area contributed by atoms with Gasteiger partial charge in [-0.1, -0.05) is 17.7 Å². The summed E-state index contributed by atoms with van der Waals surface area (Å²) < 4.78 is 10.5. The summed E-state index contributed by atoms with van der Waals surface area (Å²) in [5.74, 6) is 0.526. The normalized spacial score (nSPS) is 10.3. The molecule has 1 N–H and O–H groups in total. The second-order valence-electron chi connectivity index (χ2n) is 6.46. The highest BCUT2D eigenvalue weighted by Crippen LogP contribution is 2.32. The molecule has 0 atom stereocenters. The molecule has 27 heavy (non-hydrogen) atoms. The fourth-order valence-corrected chi connectivity index (χ4v) is 3.07. The van der Waals surface area contributed by atoms with Crippen LogP contribution in [0.5, 0.6) is 11.5 Å². The summed E-state index contributed by atoms with van der Waals surface area (Å²) in [5, 5.41) is 2.92. The molecular weight excluding hydrogens is 344 g/mol. The average Bonchev–Trinajstić information content (AvgIpc) is 2.62. The maximum absolute atomic E-state index is 12.6. The minimum Gasteiger partial charge on any atom is -0.497 e. The standard InChI is InChI=1S/C21H26N2O4/c1-13-9-14(2)21(15(3)10-13)22-20(25)12-23(16(4)24)18-8-7-17(26-5)11-19(18)27-6/h7-11H,12H2,1-6H3,(H,22,25). The average molecular weight is 370 g/mol. The van der Waals surface area contributed by atoms with E-state index in [1.807, 2.05) is 32.9 Å². The summed E-state index contributed by atoms with van der Waals surface area (Å²) in [4.78, 5) is 26.2. The molecule has 0 unspecified atom stereocenters. The molecule has 0 bridgehead atoms. The fraction of sp³-hybridized carbons (Fsp3) is 0.333. The summed E-state index contributed by atoms with van der Waals surface area (Å²) in [7, 11) is 3.06. The largest absolute Gasteiger partial charge is 0.497 e. The molecule has 0 aliphatic rings. The highest BCUT2D eigenvalue weighted by molar-refractivity contribution is 6.03. The van der Waals surface area contributed by atoms with Crippen LogP contribution < -0.4 is 19.7 Å². The number of hydrogen-bond acceptors (Lipinski definition) is 4. The number of anilines is 2. The molecule has 0 fully saturated rings. The maximum Gasteiger partial charge on any atom is 0.244 e. The van der Waals surface area contributed by atoms with Crippen molar-refractivity contribution in [1.29, 1.82) is 0 Å². The third kappa shape index (κ3) is 4.78. The van der Waals surface area contributed by atoms with Crippen LogP contribution >= 0.6 is 0 Å². The lowest BCUT2D eigenvalue weighted by Gasteiger charge is -2.23. The number of benzene rings is 2. The Morgan fingerprint density at radius 1 is 1.00 bits per heavy atom. The molecule has 2 rings (SSSR count). The molecule has 2 aromatic rings. The van der Waals surface area contributed by atoms with Crippen LogP contribution in [0.2, 0.25) is 0 Å². The van der Waals surface area contributed by atoms with Crippen LogP contribution in [0, 0.1) is 20.8 Å². The number of carbonyl (C=O) groups excluding carboxylic acids is 2. The second-order valence-corrected chi connectivity index (χ2v) is 6.46. The van der Waals surface area contributed by atoms with Crippen LogP contribution in [0.4, 0.5) is 11.4 Å². The van der Waals surface area contributed by atoms with Gasteiger partial charge in [0.1, 0.15) is 18.0 Å². The van der Waals surface area contributed by atoms with E-state index in [-0.39, 0.29) is 18.4 Å². The predicted octanol–water partition coefficient (Wildman–Crippen LogP) is 3.62. The van der Waals surface area contributed by atoms with Gasteiger partial charge in [-0.15, -0.1) is 0 Å². The van der Waals surface area contributed by atoms with E-state index in [9.17, 15) is 9.59 Å². The van der Waals surface area contributed by atoms with Gasteiger partial charge < -0.3 is 14.8 Å². The van der Waals surface area contributed by atoms with E-state index in [1.165, 1.54) is 18.9 Å². The minimum absolute atomic E-state index is 0.120. The summed E-state index contributed by atoms with van der Waals surface area (Å²) in [6.45, 7) is 7.21. The molecule has 0 saturated carbocycles. The molecule has 0 spiro atoms. The van der Waals surface area contributed by atoms with Gasteiger partial charge in [-0.3, -0.25) is 14.5 Å². The van der Waals surface area contributed by atoms with Gasteiger partial charge in [0.05, 0.1) is 19.9 Å². The topological polar surface area (TPSA) is 67.9 Å². The Morgan fingerprint density at radius 3 is 2.15 bits per heavy atom. The van der Waals surface area contributed by atoms with Gasteiger partial charge in [0.15, 0.2) is 0 Å². The summed E-state index contributed by atoms with van der Waals surface area (Å²) in [6, 6.07) is 9.13. The monoisotopic (exact) mass is 370 g/mol. The first-order chi connectivity index (χ1) is 12.8. The van der Waals surface area contributed by atoms with Crippen molar-refractivity contribution in [1.82, 2.24) is 0 Å². The van der Waals surface area contributed by atoms with Crippen LogP contribution in [0.15, 0.2) is 30.3 Å². The van der Waals surface area contributed by atoms with Crippen molar-refractivity contribution in [2.24, 2.45) is 0 Å². The molecule has 0 aromatic heterocycles. The Balaban J connectivity index is 2.27. The number of methoxy groups -OCH3 is 2. The van der Waals surface area contributed by atoms with E-state index in [0.717, 1.165) is 22.4 Å². The number of rotatable bonds is 6. The van der Waals surface area contributed by atoms with E-state index in [4.69, 9.17) is 9.47 Å². The predicted molar refractivity (Wildman–Crippen MR) is 107 cm³/mol. The Morgan fingerprint density at radius 2 is 1.63 bits per heavy atom. The number of hydrogen-bond donors (Lipinski definition) is 1. The van der Waals surface area contributed by atoms with Gasteiger partial charge in [-0.2, -0.15) is 0 Å². The molecule has 144 valence electrons. The zero-order valence-electron chi connectivity index (χ0n) is 16.7. The first kappa shape index (κ1) is 20.3. The molecular formula is C21H26N2O4. The summed E-state index contributed by atoms with van der Waals surface area (Å²) >= 11 is 0. The number of aryl methyl sites for hydroxylation is 3. The van der Waals surface area contributed by atoms with Crippen LogP contribution in [0.25, 0.3) is 0 Å². The van der Waals surface area contributed by atoms with Crippen molar-refractivity contribution < 1.29 is 19.1 Å². The zero-order valence-corrected chi connectivity index (χ0v) is 16.7. The van der Waals surface area contributed by atoms with E-state index in [1.54, 1.807) is 25.3 Å². The zero-order chi connectivity index (χ0) is 20.1. The van der Waals surface area contributed by atoms with Crippen LogP contribution in [-0.4, -0.2) is 32.6 Å². The van der Waals surface area contributed by atoms with Crippen molar-refractivity contribution in [2.75, 3.05) is 31.0 Å². The molecule has 0 saturated heterocycles. The lowest BCUT2D eigenvalue weighted by molar-refractivity contribution is -0.120. The van der Waals surface area contributed by atoms with Gasteiger partial charge in [0.25, 0.3) is 0 Å². The van der Waals surface area contributed by atoms with Crippen LogP contribution in [0.3, 0.4) is 0 Å². The number of nitrogens with zero attached hydrogens (tertiary/aromatic N) is 1. The highest BCUT2D eigenvalue weighted by atomic mass is 16.5. The first-order valence-corrected chi connectivity index (χ1v) is 8.64. The quantitative estimate of drug-likeness (QED) is 0.843. The Hall–Kier alpha value is -3.02. The minimum atomic E-state index is -0.280. The Bertz CT molecular complexity index is 838. The first-order valence-electron chi connectivity index (χ1n) is 8.64. The van der Waals surface area contributed by atoms with Gasteiger partial charge >= 0.3 is 0 Å². The number of amides is 2. The third-order valence-electron chi connectivity index (χ3n) is 4.30. The number of ether oxygens (including phenoxy) is 2. The highest BCUT2D eigenvalue weighted by Gasteiger charge is 2.21. The maximum atomic E-state index is 12.6. The molecule has 0 heterocycles. The van der Waals surface area contributed by atoms with Gasteiger partial charge in [-0.25, -0.2) is 0 Å². The Kier molecular flexibility index (Phi) is 6.45. The van der Waals surface area contributed by atoms with E-state index >= 15 is 0 Å². The lowest BCUT2D eigenvalue weighted by atomic mass is 10.1.